The standard InChI is InChI=1S/C28H27N3O3S/c29-17-6-7-18-34-23-15-16-26-25(19-23)28(30-31(26)20-21-9-2-1-3-10-21)35(32,33)27-14-8-12-22-11-4-5-13-24(22)27/h1-5,8-16,19H,6-7,17-18,20,29H2. The number of sulfone groups is 1. The van der Waals surface area contributed by atoms with Gasteiger partial charge in [0.25, 0.3) is 0 Å². The summed E-state index contributed by atoms with van der Waals surface area (Å²) < 4.78 is 35.7. The Bertz CT molecular complexity index is 1570. The van der Waals surface area contributed by atoms with Gasteiger partial charge in [-0.25, -0.2) is 8.42 Å². The molecule has 0 aliphatic heterocycles. The Morgan fingerprint density at radius 1 is 0.829 bits per heavy atom. The average Bonchev–Trinajstić information content (AvgIpc) is 3.25. The monoisotopic (exact) mass is 485 g/mol. The molecule has 0 saturated heterocycles. The molecule has 0 bridgehead atoms. The number of rotatable bonds is 9. The van der Waals surface area contributed by atoms with Gasteiger partial charge in [0.1, 0.15) is 5.75 Å². The number of nitrogens with zero attached hydrogens (tertiary/aromatic N) is 2. The second-order valence-corrected chi connectivity index (χ2v) is 10.3. The predicted molar refractivity (Wildman–Crippen MR) is 138 cm³/mol. The molecule has 5 aromatic rings. The van der Waals surface area contributed by atoms with Crippen LogP contribution in [0.25, 0.3) is 21.7 Å². The third-order valence-corrected chi connectivity index (χ3v) is 7.77. The molecule has 0 unspecified atom stereocenters. The van der Waals surface area contributed by atoms with Gasteiger partial charge in [-0.2, -0.15) is 5.10 Å². The van der Waals surface area contributed by atoms with Gasteiger partial charge in [0.15, 0.2) is 5.03 Å². The van der Waals surface area contributed by atoms with Gasteiger partial charge in [0, 0.05) is 10.8 Å². The van der Waals surface area contributed by atoms with Crippen molar-refractivity contribution in [3.63, 3.8) is 0 Å². The minimum absolute atomic E-state index is 0.0344. The van der Waals surface area contributed by atoms with Gasteiger partial charge in [-0.05, 0) is 54.6 Å². The van der Waals surface area contributed by atoms with E-state index in [9.17, 15) is 8.42 Å². The topological polar surface area (TPSA) is 87.2 Å². The maximum absolute atomic E-state index is 14.0. The van der Waals surface area contributed by atoms with Gasteiger partial charge in [-0.3, -0.25) is 4.68 Å². The summed E-state index contributed by atoms with van der Waals surface area (Å²) in [7, 11) is -3.91. The number of hydrogen-bond acceptors (Lipinski definition) is 5. The van der Waals surface area contributed by atoms with Gasteiger partial charge in [0.2, 0.25) is 9.84 Å². The third-order valence-electron chi connectivity index (χ3n) is 6.02. The molecule has 2 N–H and O–H groups in total. The fraction of sp³-hybridized carbons (Fsp3) is 0.179. The summed E-state index contributed by atoms with van der Waals surface area (Å²) in [5.41, 5.74) is 7.35. The van der Waals surface area contributed by atoms with E-state index >= 15 is 0 Å². The first-order chi connectivity index (χ1) is 17.1. The zero-order valence-electron chi connectivity index (χ0n) is 19.3. The Kier molecular flexibility index (Phi) is 6.53. The van der Waals surface area contributed by atoms with Crippen molar-refractivity contribution in [2.75, 3.05) is 13.2 Å². The van der Waals surface area contributed by atoms with Crippen LogP contribution in [0, 0.1) is 0 Å². The number of ether oxygens (including phenoxy) is 1. The quantitative estimate of drug-likeness (QED) is 0.290. The molecular weight excluding hydrogens is 458 g/mol. The van der Waals surface area contributed by atoms with Crippen molar-refractivity contribution >= 4 is 31.5 Å². The molecule has 0 amide bonds. The largest absolute Gasteiger partial charge is 0.494 e. The molecule has 0 fully saturated rings. The van der Waals surface area contributed by atoms with Gasteiger partial charge in [-0.1, -0.05) is 66.7 Å². The van der Waals surface area contributed by atoms with Crippen LogP contribution >= 0.6 is 0 Å². The van der Waals surface area contributed by atoms with Crippen molar-refractivity contribution in [2.24, 2.45) is 5.73 Å². The Balaban J connectivity index is 1.64. The lowest BCUT2D eigenvalue weighted by Gasteiger charge is -2.08. The van der Waals surface area contributed by atoms with Crippen LogP contribution in [-0.4, -0.2) is 31.3 Å². The first-order valence-corrected chi connectivity index (χ1v) is 13.2. The molecule has 1 heterocycles. The molecule has 0 aliphatic carbocycles. The van der Waals surface area contributed by atoms with E-state index in [0.717, 1.165) is 29.3 Å². The van der Waals surface area contributed by atoms with Gasteiger partial charge in [0.05, 0.1) is 23.6 Å². The number of benzene rings is 4. The highest BCUT2D eigenvalue weighted by atomic mass is 32.2. The van der Waals surface area contributed by atoms with Crippen LogP contribution in [0.3, 0.4) is 0 Å². The maximum atomic E-state index is 14.0. The van der Waals surface area contributed by atoms with E-state index in [1.165, 1.54) is 0 Å². The van der Waals surface area contributed by atoms with E-state index in [1.807, 2.05) is 72.8 Å². The molecule has 6 nitrogen and oxygen atoms in total. The van der Waals surface area contributed by atoms with Crippen molar-refractivity contribution in [1.82, 2.24) is 9.78 Å². The molecule has 35 heavy (non-hydrogen) atoms. The molecular formula is C28H27N3O3S. The van der Waals surface area contributed by atoms with E-state index < -0.39 is 9.84 Å². The molecule has 7 heteroatoms. The summed E-state index contributed by atoms with van der Waals surface area (Å²) in [5, 5.41) is 6.77. The minimum atomic E-state index is -3.91. The second-order valence-electron chi connectivity index (χ2n) is 8.45. The van der Waals surface area contributed by atoms with Crippen molar-refractivity contribution in [2.45, 2.75) is 29.3 Å². The van der Waals surface area contributed by atoms with E-state index in [4.69, 9.17) is 10.5 Å². The van der Waals surface area contributed by atoms with Gasteiger partial charge in [-0.15, -0.1) is 0 Å². The number of unbranched alkanes of at least 4 members (excludes halogenated alkanes) is 1. The number of fused-ring (bicyclic) bond motifs is 2. The van der Waals surface area contributed by atoms with E-state index in [0.29, 0.717) is 36.2 Å². The fourth-order valence-corrected chi connectivity index (χ4v) is 5.87. The molecule has 0 spiro atoms. The molecule has 0 saturated carbocycles. The van der Waals surface area contributed by atoms with Crippen LogP contribution in [0.2, 0.25) is 0 Å². The van der Waals surface area contributed by atoms with Gasteiger partial charge < -0.3 is 10.5 Å². The summed E-state index contributed by atoms with van der Waals surface area (Å²) in [5.74, 6) is 0.614. The fourth-order valence-electron chi connectivity index (χ4n) is 4.26. The van der Waals surface area contributed by atoms with Crippen molar-refractivity contribution in [3.05, 3.63) is 96.6 Å². The zero-order valence-corrected chi connectivity index (χ0v) is 20.1. The summed E-state index contributed by atoms with van der Waals surface area (Å²) >= 11 is 0. The Labute approximate surface area is 204 Å². The maximum Gasteiger partial charge on any atom is 0.226 e. The molecule has 4 aromatic carbocycles. The first kappa shape index (κ1) is 23.1. The van der Waals surface area contributed by atoms with Crippen molar-refractivity contribution < 1.29 is 13.2 Å². The summed E-state index contributed by atoms with van der Waals surface area (Å²) in [6.07, 6.45) is 1.71. The van der Waals surface area contributed by atoms with Crippen LogP contribution in [0.4, 0.5) is 0 Å². The van der Waals surface area contributed by atoms with Crippen molar-refractivity contribution in [1.29, 1.82) is 0 Å². The highest BCUT2D eigenvalue weighted by molar-refractivity contribution is 7.91. The molecule has 0 aliphatic rings. The Morgan fingerprint density at radius 2 is 1.60 bits per heavy atom. The average molecular weight is 486 g/mol. The third kappa shape index (κ3) is 4.65. The number of aromatic nitrogens is 2. The molecule has 178 valence electrons. The lowest BCUT2D eigenvalue weighted by molar-refractivity contribution is 0.308. The summed E-state index contributed by atoms with van der Waals surface area (Å²) in [4.78, 5) is 0.246. The molecule has 1 aromatic heterocycles. The SMILES string of the molecule is NCCCCOc1ccc2c(c1)c(S(=O)(=O)c1cccc3ccccc13)nn2Cc1ccccc1. The van der Waals surface area contributed by atoms with Crippen LogP contribution in [0.5, 0.6) is 5.75 Å². The van der Waals surface area contributed by atoms with E-state index in [2.05, 4.69) is 5.10 Å². The molecule has 0 radical (unpaired) electrons. The smallest absolute Gasteiger partial charge is 0.226 e. The lowest BCUT2D eigenvalue weighted by Crippen LogP contribution is -2.07. The predicted octanol–water partition coefficient (Wildman–Crippen LogP) is 5.19. The Morgan fingerprint density at radius 3 is 2.43 bits per heavy atom. The van der Waals surface area contributed by atoms with Crippen LogP contribution in [0.1, 0.15) is 18.4 Å². The highest BCUT2D eigenvalue weighted by Crippen LogP contribution is 2.34. The molecule has 0 atom stereocenters. The van der Waals surface area contributed by atoms with Crippen molar-refractivity contribution in [3.8, 4) is 5.75 Å². The normalized spacial score (nSPS) is 11.8. The lowest BCUT2D eigenvalue weighted by atomic mass is 10.1. The van der Waals surface area contributed by atoms with Gasteiger partial charge >= 0.3 is 0 Å². The summed E-state index contributed by atoms with van der Waals surface area (Å²) in [6, 6.07) is 28.2. The zero-order chi connectivity index (χ0) is 24.3. The second kappa shape index (κ2) is 9.90. The van der Waals surface area contributed by atoms with Crippen LogP contribution in [-0.2, 0) is 16.4 Å². The Hall–Kier alpha value is -3.68. The number of nitrogens with two attached hydrogens (primary N) is 1. The summed E-state index contributed by atoms with van der Waals surface area (Å²) in [6.45, 7) is 1.59. The van der Waals surface area contributed by atoms with Crippen LogP contribution < -0.4 is 10.5 Å². The first-order valence-electron chi connectivity index (χ1n) is 11.7. The number of hydrogen-bond donors (Lipinski definition) is 1. The highest BCUT2D eigenvalue weighted by Gasteiger charge is 2.27. The van der Waals surface area contributed by atoms with E-state index in [1.54, 1.807) is 22.9 Å². The van der Waals surface area contributed by atoms with Crippen LogP contribution in [0.15, 0.2) is 101 Å². The molecule has 5 rings (SSSR count). The van der Waals surface area contributed by atoms with E-state index in [-0.39, 0.29) is 9.92 Å². The minimum Gasteiger partial charge on any atom is -0.494 e.